The van der Waals surface area contributed by atoms with Crippen molar-refractivity contribution in [1.29, 1.82) is 0 Å². The Balaban J connectivity index is 1.19. The summed E-state index contributed by atoms with van der Waals surface area (Å²) in [4.78, 5) is 4.54. The lowest BCUT2D eigenvalue weighted by atomic mass is 10.0. The summed E-state index contributed by atoms with van der Waals surface area (Å²) in [7, 11) is 0. The third-order valence-electron chi connectivity index (χ3n) is 7.47. The van der Waals surface area contributed by atoms with Gasteiger partial charge in [0.15, 0.2) is 0 Å². The zero-order valence-corrected chi connectivity index (χ0v) is 23.0. The van der Waals surface area contributed by atoms with Crippen molar-refractivity contribution in [2.75, 3.05) is 5.32 Å². The van der Waals surface area contributed by atoms with Gasteiger partial charge in [0.25, 0.3) is 0 Å². The molecule has 5 nitrogen and oxygen atoms in total. The molecule has 1 N–H and O–H groups in total. The number of anilines is 2. The second kappa shape index (κ2) is 10.3. The highest BCUT2D eigenvalue weighted by molar-refractivity contribution is 5.87. The van der Waals surface area contributed by atoms with Crippen LogP contribution in [0.3, 0.4) is 0 Å². The molecule has 0 atom stereocenters. The molecular formula is C36H29N5. The Morgan fingerprint density at radius 2 is 1.15 bits per heavy atom. The van der Waals surface area contributed by atoms with E-state index in [9.17, 15) is 0 Å². The van der Waals surface area contributed by atoms with Gasteiger partial charge in [-0.25, -0.2) is 9.67 Å². The van der Waals surface area contributed by atoms with Crippen molar-refractivity contribution in [1.82, 2.24) is 19.3 Å². The molecule has 2 aromatic heterocycles. The largest absolute Gasteiger partial charge is 0.355 e. The number of fused-ring (bicyclic) bond motifs is 1. The van der Waals surface area contributed by atoms with Gasteiger partial charge in [-0.05, 0) is 79.6 Å². The van der Waals surface area contributed by atoms with E-state index < -0.39 is 0 Å². The maximum Gasteiger partial charge on any atom is 0.100 e. The fourth-order valence-electron chi connectivity index (χ4n) is 5.47. The highest BCUT2D eigenvalue weighted by atomic mass is 15.3. The number of aryl methyl sites for hydroxylation is 2. The summed E-state index contributed by atoms with van der Waals surface area (Å²) in [5.74, 6) is 0. The van der Waals surface area contributed by atoms with Crippen molar-refractivity contribution >= 4 is 22.4 Å². The number of imidazole rings is 1. The van der Waals surface area contributed by atoms with E-state index in [-0.39, 0.29) is 0 Å². The fourth-order valence-corrected chi connectivity index (χ4v) is 5.47. The number of aromatic nitrogens is 4. The van der Waals surface area contributed by atoms with Crippen LogP contribution in [0, 0.1) is 13.8 Å². The molecule has 5 aromatic carbocycles. The molecule has 0 spiro atoms. The summed E-state index contributed by atoms with van der Waals surface area (Å²) in [6, 6.07) is 44.4. The van der Waals surface area contributed by atoms with Crippen molar-refractivity contribution in [3.05, 3.63) is 145 Å². The minimum Gasteiger partial charge on any atom is -0.355 e. The van der Waals surface area contributed by atoms with Gasteiger partial charge in [0.1, 0.15) is 6.33 Å². The Bertz CT molecular complexity index is 1980. The van der Waals surface area contributed by atoms with Gasteiger partial charge in [0.2, 0.25) is 0 Å². The Labute approximate surface area is 239 Å². The van der Waals surface area contributed by atoms with Crippen molar-refractivity contribution in [3.63, 3.8) is 0 Å². The van der Waals surface area contributed by atoms with Crippen molar-refractivity contribution < 1.29 is 0 Å². The van der Waals surface area contributed by atoms with Gasteiger partial charge in [-0.3, -0.25) is 4.57 Å². The lowest BCUT2D eigenvalue weighted by Crippen LogP contribution is -1.99. The van der Waals surface area contributed by atoms with Crippen LogP contribution in [-0.2, 0) is 0 Å². The Kier molecular flexibility index (Phi) is 6.17. The van der Waals surface area contributed by atoms with Crippen molar-refractivity contribution in [2.45, 2.75) is 13.8 Å². The first-order chi connectivity index (χ1) is 20.1. The highest BCUT2D eigenvalue weighted by Gasteiger charge is 2.11. The van der Waals surface area contributed by atoms with Gasteiger partial charge in [-0.15, -0.1) is 0 Å². The van der Waals surface area contributed by atoms with Crippen LogP contribution in [-0.4, -0.2) is 19.3 Å². The van der Waals surface area contributed by atoms with E-state index in [4.69, 9.17) is 0 Å². The number of benzene rings is 5. The molecule has 5 heteroatoms. The second-order valence-corrected chi connectivity index (χ2v) is 10.3. The van der Waals surface area contributed by atoms with Crippen LogP contribution in [0.2, 0.25) is 0 Å². The normalized spacial score (nSPS) is 11.2. The van der Waals surface area contributed by atoms with E-state index in [1.807, 2.05) is 36.1 Å². The van der Waals surface area contributed by atoms with Crippen LogP contribution >= 0.6 is 0 Å². The third-order valence-corrected chi connectivity index (χ3v) is 7.47. The van der Waals surface area contributed by atoms with Crippen LogP contribution in [0.5, 0.6) is 0 Å². The van der Waals surface area contributed by atoms with Gasteiger partial charge in [0, 0.05) is 33.9 Å². The maximum absolute atomic E-state index is 4.63. The lowest BCUT2D eigenvalue weighted by molar-refractivity contribution is 0.834. The summed E-state index contributed by atoms with van der Waals surface area (Å²) in [5.41, 5.74) is 13.1. The quantitative estimate of drug-likeness (QED) is 0.233. The first kappa shape index (κ1) is 24.6. The molecule has 41 heavy (non-hydrogen) atoms. The van der Waals surface area contributed by atoms with Crippen LogP contribution in [0.1, 0.15) is 11.4 Å². The first-order valence-corrected chi connectivity index (χ1v) is 13.8. The number of nitrogens with zero attached hydrogens (tertiary/aromatic N) is 4. The van der Waals surface area contributed by atoms with Crippen LogP contribution in [0.15, 0.2) is 134 Å². The summed E-state index contributed by atoms with van der Waals surface area (Å²) in [5, 5.41) is 8.36. The average molecular weight is 532 g/mol. The topological polar surface area (TPSA) is 47.7 Å². The summed E-state index contributed by atoms with van der Waals surface area (Å²) >= 11 is 0. The zero-order chi connectivity index (χ0) is 27.8. The lowest BCUT2D eigenvalue weighted by Gasteiger charge is -2.16. The molecule has 198 valence electrons. The Hall–Kier alpha value is -5.42. The Morgan fingerprint density at radius 1 is 0.585 bits per heavy atom. The first-order valence-electron chi connectivity index (χ1n) is 13.8. The molecule has 0 fully saturated rings. The predicted octanol–water partition coefficient (Wildman–Crippen LogP) is 8.91. The van der Waals surface area contributed by atoms with E-state index >= 15 is 0 Å². The number of nitrogens with one attached hydrogen (secondary N) is 1. The molecule has 0 saturated heterocycles. The molecule has 0 saturated carbocycles. The number of hydrogen-bond donors (Lipinski definition) is 1. The molecule has 0 aliphatic carbocycles. The molecule has 0 radical (unpaired) electrons. The molecule has 0 amide bonds. The number of hydrogen-bond acceptors (Lipinski definition) is 3. The van der Waals surface area contributed by atoms with Crippen LogP contribution in [0.25, 0.3) is 44.7 Å². The van der Waals surface area contributed by atoms with E-state index in [1.54, 1.807) is 0 Å². The van der Waals surface area contributed by atoms with Gasteiger partial charge < -0.3 is 5.32 Å². The molecule has 0 aliphatic heterocycles. The zero-order valence-electron chi connectivity index (χ0n) is 23.0. The van der Waals surface area contributed by atoms with Crippen molar-refractivity contribution in [3.8, 4) is 33.6 Å². The minimum absolute atomic E-state index is 0.992. The molecule has 0 bridgehead atoms. The van der Waals surface area contributed by atoms with Gasteiger partial charge in [0.05, 0.1) is 22.4 Å². The monoisotopic (exact) mass is 531 g/mol. The molecular weight excluding hydrogens is 502 g/mol. The van der Waals surface area contributed by atoms with Gasteiger partial charge in [-0.2, -0.15) is 5.10 Å². The van der Waals surface area contributed by atoms with Crippen molar-refractivity contribution in [2.24, 2.45) is 0 Å². The van der Waals surface area contributed by atoms with Crippen LogP contribution in [0.4, 0.5) is 11.4 Å². The van der Waals surface area contributed by atoms with E-state index in [0.717, 1.165) is 67.4 Å². The minimum atomic E-state index is 0.992. The fraction of sp³-hybridized carbons (Fsp3) is 0.0556. The molecule has 7 aromatic rings. The molecule has 7 rings (SSSR count). The van der Waals surface area contributed by atoms with Gasteiger partial charge in [-0.1, -0.05) is 72.8 Å². The highest BCUT2D eigenvalue weighted by Crippen LogP contribution is 2.35. The van der Waals surface area contributed by atoms with E-state index in [0.29, 0.717) is 0 Å². The summed E-state index contributed by atoms with van der Waals surface area (Å²) in [6.07, 6.45) is 1.88. The van der Waals surface area contributed by atoms with E-state index in [1.165, 1.54) is 0 Å². The molecule has 0 unspecified atom stereocenters. The van der Waals surface area contributed by atoms with E-state index in [2.05, 4.69) is 136 Å². The number of para-hydroxylation sites is 4. The second-order valence-electron chi connectivity index (χ2n) is 10.3. The smallest absolute Gasteiger partial charge is 0.100 e. The number of rotatable bonds is 6. The Morgan fingerprint density at radius 3 is 1.76 bits per heavy atom. The average Bonchev–Trinajstić information content (AvgIpc) is 3.60. The van der Waals surface area contributed by atoms with Crippen LogP contribution < -0.4 is 5.32 Å². The standard InChI is InChI=1S/C36H29N5/c1-25-23-26(2)41(39-25)30-21-17-28(18-22-30)32-10-4-6-12-34(32)38-33-11-5-3-9-31(33)27-15-19-29(20-16-27)40-24-37-35-13-7-8-14-36(35)40/h3-24,38H,1-2H3. The predicted molar refractivity (Wildman–Crippen MR) is 168 cm³/mol. The SMILES string of the molecule is Cc1cc(C)n(-c2ccc(-c3ccccc3Nc3ccccc3-c3ccc(-n4cnc5ccccc54)cc3)cc2)n1. The van der Waals surface area contributed by atoms with Gasteiger partial charge >= 0.3 is 0 Å². The summed E-state index contributed by atoms with van der Waals surface area (Å²) < 4.78 is 4.11. The summed E-state index contributed by atoms with van der Waals surface area (Å²) in [6.45, 7) is 4.10. The molecule has 2 heterocycles. The molecule has 0 aliphatic rings. The third kappa shape index (κ3) is 4.68. The maximum atomic E-state index is 4.63.